The van der Waals surface area contributed by atoms with Crippen LogP contribution in [0.15, 0.2) is 54.9 Å². The fraction of sp³-hybridized carbons (Fsp3) is 0.158. The van der Waals surface area contributed by atoms with Crippen molar-refractivity contribution in [2.45, 2.75) is 13.0 Å². The van der Waals surface area contributed by atoms with Gasteiger partial charge in [0.15, 0.2) is 0 Å². The van der Waals surface area contributed by atoms with E-state index in [1.165, 1.54) is 11.1 Å². The van der Waals surface area contributed by atoms with E-state index in [-0.39, 0.29) is 5.91 Å². The SMILES string of the molecule is O=C(c1cncc2cccc(Cl)c12)N1CCc2ccccc2C1. The van der Waals surface area contributed by atoms with E-state index in [9.17, 15) is 4.79 Å². The standard InChI is InChI=1S/C19H15ClN2O/c20-17-7-3-6-14-10-21-11-16(18(14)17)19(23)22-9-8-13-4-1-2-5-15(13)12-22/h1-7,10-11H,8-9,12H2. The van der Waals surface area contributed by atoms with E-state index in [1.807, 2.05) is 35.2 Å². The highest BCUT2D eigenvalue weighted by Gasteiger charge is 2.23. The van der Waals surface area contributed by atoms with E-state index in [2.05, 4.69) is 17.1 Å². The molecule has 0 aliphatic carbocycles. The van der Waals surface area contributed by atoms with E-state index >= 15 is 0 Å². The van der Waals surface area contributed by atoms with Crippen molar-refractivity contribution in [3.63, 3.8) is 0 Å². The summed E-state index contributed by atoms with van der Waals surface area (Å²) in [5, 5.41) is 2.26. The molecule has 0 fully saturated rings. The van der Waals surface area contributed by atoms with Crippen LogP contribution in [0.25, 0.3) is 10.8 Å². The first-order chi connectivity index (χ1) is 11.2. The minimum absolute atomic E-state index is 0.00861. The number of benzene rings is 2. The lowest BCUT2D eigenvalue weighted by molar-refractivity contribution is 0.0736. The van der Waals surface area contributed by atoms with Gasteiger partial charge in [0.1, 0.15) is 0 Å². The monoisotopic (exact) mass is 322 g/mol. The van der Waals surface area contributed by atoms with Gasteiger partial charge in [0, 0.05) is 41.3 Å². The van der Waals surface area contributed by atoms with Gasteiger partial charge in [-0.15, -0.1) is 0 Å². The Morgan fingerprint density at radius 3 is 2.74 bits per heavy atom. The van der Waals surface area contributed by atoms with Crippen LogP contribution in [0.4, 0.5) is 0 Å². The predicted octanol–water partition coefficient (Wildman–Crippen LogP) is 4.09. The lowest BCUT2D eigenvalue weighted by Crippen LogP contribution is -2.36. The maximum Gasteiger partial charge on any atom is 0.256 e. The molecule has 114 valence electrons. The Morgan fingerprint density at radius 1 is 1.04 bits per heavy atom. The molecule has 1 aliphatic heterocycles. The van der Waals surface area contributed by atoms with Crippen LogP contribution in [-0.4, -0.2) is 22.3 Å². The fourth-order valence-corrected chi connectivity index (χ4v) is 3.47. The van der Waals surface area contributed by atoms with Gasteiger partial charge in [0.2, 0.25) is 0 Å². The maximum absolute atomic E-state index is 13.0. The molecule has 4 rings (SSSR count). The number of halogens is 1. The molecule has 0 bridgehead atoms. The zero-order valence-corrected chi connectivity index (χ0v) is 13.3. The van der Waals surface area contributed by atoms with Gasteiger partial charge in [-0.05, 0) is 23.6 Å². The second-order valence-electron chi connectivity index (χ2n) is 5.77. The molecule has 0 spiro atoms. The fourth-order valence-electron chi connectivity index (χ4n) is 3.19. The van der Waals surface area contributed by atoms with E-state index in [0.29, 0.717) is 17.1 Å². The van der Waals surface area contributed by atoms with Crippen molar-refractivity contribution in [1.82, 2.24) is 9.88 Å². The highest BCUT2D eigenvalue weighted by atomic mass is 35.5. The number of pyridine rings is 1. The molecule has 0 unspecified atom stereocenters. The van der Waals surface area contributed by atoms with Gasteiger partial charge in [-0.3, -0.25) is 9.78 Å². The number of hydrogen-bond donors (Lipinski definition) is 0. The smallest absolute Gasteiger partial charge is 0.256 e. The Balaban J connectivity index is 1.74. The topological polar surface area (TPSA) is 33.2 Å². The molecular formula is C19H15ClN2O. The lowest BCUT2D eigenvalue weighted by Gasteiger charge is -2.29. The highest BCUT2D eigenvalue weighted by Crippen LogP contribution is 2.28. The summed E-state index contributed by atoms with van der Waals surface area (Å²) < 4.78 is 0. The van der Waals surface area contributed by atoms with Crippen LogP contribution in [0.5, 0.6) is 0 Å². The second-order valence-corrected chi connectivity index (χ2v) is 6.18. The largest absolute Gasteiger partial charge is 0.334 e. The molecule has 0 saturated heterocycles. The molecule has 1 amide bonds. The molecule has 4 heteroatoms. The summed E-state index contributed by atoms with van der Waals surface area (Å²) in [6, 6.07) is 13.9. The van der Waals surface area contributed by atoms with Gasteiger partial charge in [-0.1, -0.05) is 48.0 Å². The molecule has 3 aromatic rings. The van der Waals surface area contributed by atoms with Gasteiger partial charge in [-0.2, -0.15) is 0 Å². The lowest BCUT2D eigenvalue weighted by atomic mass is 9.99. The molecule has 2 heterocycles. The molecule has 0 saturated carbocycles. The summed E-state index contributed by atoms with van der Waals surface area (Å²) >= 11 is 6.33. The van der Waals surface area contributed by atoms with Gasteiger partial charge in [0.05, 0.1) is 5.56 Å². The summed E-state index contributed by atoms with van der Waals surface area (Å²) in [7, 11) is 0. The van der Waals surface area contributed by atoms with Gasteiger partial charge >= 0.3 is 0 Å². The van der Waals surface area contributed by atoms with Crippen LogP contribution in [0, 0.1) is 0 Å². The number of nitrogens with zero attached hydrogens (tertiary/aromatic N) is 2. The zero-order chi connectivity index (χ0) is 15.8. The van der Waals surface area contributed by atoms with Crippen LogP contribution in [0.3, 0.4) is 0 Å². The van der Waals surface area contributed by atoms with Crippen molar-refractivity contribution in [3.8, 4) is 0 Å². The molecule has 0 N–H and O–H groups in total. The number of amides is 1. The molecule has 1 aliphatic rings. The second kappa shape index (κ2) is 5.67. The normalized spacial score (nSPS) is 13.9. The Morgan fingerprint density at radius 2 is 1.87 bits per heavy atom. The Labute approximate surface area is 139 Å². The molecular weight excluding hydrogens is 308 g/mol. The van der Waals surface area contributed by atoms with Crippen molar-refractivity contribution in [1.29, 1.82) is 0 Å². The summed E-state index contributed by atoms with van der Waals surface area (Å²) in [5.74, 6) is -0.00861. The summed E-state index contributed by atoms with van der Waals surface area (Å²) in [6.07, 6.45) is 4.24. The number of hydrogen-bond acceptors (Lipinski definition) is 2. The van der Waals surface area contributed by atoms with E-state index in [4.69, 9.17) is 11.6 Å². The third-order valence-electron chi connectivity index (χ3n) is 4.38. The van der Waals surface area contributed by atoms with Gasteiger partial charge in [-0.25, -0.2) is 0 Å². The number of rotatable bonds is 1. The number of fused-ring (bicyclic) bond motifs is 2. The zero-order valence-electron chi connectivity index (χ0n) is 12.5. The number of aromatic nitrogens is 1. The van der Waals surface area contributed by atoms with Gasteiger partial charge in [0.25, 0.3) is 5.91 Å². The predicted molar refractivity (Wildman–Crippen MR) is 91.6 cm³/mol. The molecule has 0 atom stereocenters. The van der Waals surface area contributed by atoms with E-state index < -0.39 is 0 Å². The van der Waals surface area contributed by atoms with Crippen molar-refractivity contribution >= 4 is 28.3 Å². The first kappa shape index (κ1) is 14.2. The number of carbonyl (C=O) groups is 1. The van der Waals surface area contributed by atoms with Crippen LogP contribution in [-0.2, 0) is 13.0 Å². The Kier molecular flexibility index (Phi) is 3.50. The van der Waals surface area contributed by atoms with Crippen LogP contribution in [0.2, 0.25) is 5.02 Å². The number of carbonyl (C=O) groups excluding carboxylic acids is 1. The summed E-state index contributed by atoms with van der Waals surface area (Å²) in [4.78, 5) is 19.1. The van der Waals surface area contributed by atoms with Crippen molar-refractivity contribution in [2.24, 2.45) is 0 Å². The third kappa shape index (κ3) is 2.47. The quantitative estimate of drug-likeness (QED) is 0.676. The summed E-state index contributed by atoms with van der Waals surface area (Å²) in [6.45, 7) is 1.35. The molecule has 2 aromatic carbocycles. The maximum atomic E-state index is 13.0. The average molecular weight is 323 g/mol. The third-order valence-corrected chi connectivity index (χ3v) is 4.70. The summed E-state index contributed by atoms with van der Waals surface area (Å²) in [5.41, 5.74) is 3.12. The molecule has 23 heavy (non-hydrogen) atoms. The average Bonchev–Trinajstić information content (AvgIpc) is 2.60. The van der Waals surface area contributed by atoms with Crippen molar-refractivity contribution in [2.75, 3.05) is 6.54 Å². The first-order valence-electron chi connectivity index (χ1n) is 7.62. The van der Waals surface area contributed by atoms with E-state index in [1.54, 1.807) is 12.4 Å². The van der Waals surface area contributed by atoms with Crippen molar-refractivity contribution < 1.29 is 4.79 Å². The molecule has 3 nitrogen and oxygen atoms in total. The Bertz CT molecular complexity index is 902. The van der Waals surface area contributed by atoms with E-state index in [0.717, 1.165) is 23.7 Å². The van der Waals surface area contributed by atoms with Crippen molar-refractivity contribution in [3.05, 3.63) is 76.6 Å². The minimum atomic E-state index is -0.00861. The first-order valence-corrected chi connectivity index (χ1v) is 8.00. The molecule has 1 aromatic heterocycles. The minimum Gasteiger partial charge on any atom is -0.334 e. The highest BCUT2D eigenvalue weighted by molar-refractivity contribution is 6.36. The van der Waals surface area contributed by atoms with Crippen LogP contribution < -0.4 is 0 Å². The Hall–Kier alpha value is -2.39. The molecule has 0 radical (unpaired) electrons. The van der Waals surface area contributed by atoms with Crippen LogP contribution >= 0.6 is 11.6 Å². The van der Waals surface area contributed by atoms with Crippen LogP contribution in [0.1, 0.15) is 21.5 Å². The van der Waals surface area contributed by atoms with Gasteiger partial charge < -0.3 is 4.90 Å².